The molecule has 0 saturated carbocycles. The molecule has 1 N–H and O–H groups in total. The number of aryl methyl sites for hydroxylation is 2. The van der Waals surface area contributed by atoms with E-state index in [9.17, 15) is 0 Å². The van der Waals surface area contributed by atoms with Gasteiger partial charge in [-0.3, -0.25) is 0 Å². The molecule has 0 aliphatic heterocycles. The summed E-state index contributed by atoms with van der Waals surface area (Å²) in [6, 6.07) is 2.04. The van der Waals surface area contributed by atoms with E-state index >= 15 is 0 Å². The van der Waals surface area contributed by atoms with Crippen molar-refractivity contribution in [3.63, 3.8) is 0 Å². The molecule has 2 aromatic rings. The molecule has 16 heavy (non-hydrogen) atoms. The van der Waals surface area contributed by atoms with Crippen LogP contribution in [0.15, 0.2) is 22.9 Å². The lowest BCUT2D eigenvalue weighted by atomic mass is 10.3. The predicted molar refractivity (Wildman–Crippen MR) is 70.9 cm³/mol. The van der Waals surface area contributed by atoms with Crippen molar-refractivity contribution in [2.24, 2.45) is 0 Å². The Morgan fingerprint density at radius 1 is 1.31 bits per heavy atom. The third-order valence-electron chi connectivity index (χ3n) is 2.05. The van der Waals surface area contributed by atoms with Gasteiger partial charge in [-0.1, -0.05) is 0 Å². The first-order valence-electron chi connectivity index (χ1n) is 4.92. The minimum Gasteiger partial charge on any atom is -0.363 e. The van der Waals surface area contributed by atoms with Crippen LogP contribution in [0.1, 0.15) is 15.4 Å². The Hall–Kier alpha value is -0.940. The van der Waals surface area contributed by atoms with Gasteiger partial charge in [-0.2, -0.15) is 0 Å². The minimum atomic E-state index is 0.715. The first-order valence-corrected chi connectivity index (χ1v) is 6.53. The van der Waals surface area contributed by atoms with E-state index in [0.717, 1.165) is 20.9 Å². The van der Waals surface area contributed by atoms with E-state index in [0.29, 0.717) is 6.54 Å². The first kappa shape index (κ1) is 11.5. The van der Waals surface area contributed by atoms with Crippen LogP contribution in [0.2, 0.25) is 0 Å². The molecule has 0 unspecified atom stereocenters. The molecule has 3 nitrogen and oxygen atoms in total. The highest BCUT2D eigenvalue weighted by Gasteiger charge is 2.03. The van der Waals surface area contributed by atoms with Crippen molar-refractivity contribution in [2.45, 2.75) is 20.4 Å². The number of halogens is 1. The Labute approximate surface area is 107 Å². The fraction of sp³-hybridized carbons (Fsp3) is 0.273. The van der Waals surface area contributed by atoms with Crippen LogP contribution < -0.4 is 5.32 Å². The van der Waals surface area contributed by atoms with E-state index in [4.69, 9.17) is 0 Å². The molecular weight excluding hydrogens is 286 g/mol. The van der Waals surface area contributed by atoms with Gasteiger partial charge in [-0.25, -0.2) is 9.97 Å². The number of hydrogen-bond acceptors (Lipinski definition) is 4. The third kappa shape index (κ3) is 2.80. The van der Waals surface area contributed by atoms with Crippen molar-refractivity contribution in [1.82, 2.24) is 9.97 Å². The molecule has 0 saturated heterocycles. The molecule has 0 aliphatic rings. The highest BCUT2D eigenvalue weighted by Crippen LogP contribution is 2.21. The maximum Gasteiger partial charge on any atom is 0.140 e. The van der Waals surface area contributed by atoms with Gasteiger partial charge in [-0.15, -0.1) is 11.3 Å². The second-order valence-electron chi connectivity index (χ2n) is 3.56. The summed E-state index contributed by atoms with van der Waals surface area (Å²) in [5, 5.41) is 4.34. The van der Waals surface area contributed by atoms with Crippen LogP contribution in [0.25, 0.3) is 0 Å². The molecule has 0 spiro atoms. The Kier molecular flexibility index (Phi) is 3.56. The molecule has 2 heterocycles. The van der Waals surface area contributed by atoms with Crippen LogP contribution in [0.3, 0.4) is 0 Å². The Morgan fingerprint density at radius 3 is 2.75 bits per heavy atom. The van der Waals surface area contributed by atoms with Gasteiger partial charge in [0.2, 0.25) is 0 Å². The summed E-state index contributed by atoms with van der Waals surface area (Å²) in [4.78, 5) is 9.84. The van der Waals surface area contributed by atoms with E-state index in [2.05, 4.69) is 38.1 Å². The van der Waals surface area contributed by atoms with Crippen molar-refractivity contribution >= 4 is 33.1 Å². The lowest BCUT2D eigenvalue weighted by Gasteiger charge is -2.06. The van der Waals surface area contributed by atoms with Gasteiger partial charge in [0, 0.05) is 17.3 Å². The molecule has 5 heteroatoms. The van der Waals surface area contributed by atoms with Crippen molar-refractivity contribution in [3.05, 3.63) is 38.4 Å². The van der Waals surface area contributed by atoms with Crippen LogP contribution in [-0.4, -0.2) is 9.97 Å². The zero-order valence-electron chi connectivity index (χ0n) is 9.12. The minimum absolute atomic E-state index is 0.715. The zero-order valence-corrected chi connectivity index (χ0v) is 11.5. The van der Waals surface area contributed by atoms with Crippen LogP contribution in [0.5, 0.6) is 0 Å². The Morgan fingerprint density at radius 2 is 2.12 bits per heavy atom. The summed E-state index contributed by atoms with van der Waals surface area (Å²) in [5.74, 6) is 0.860. The second-order valence-corrected chi connectivity index (χ2v) is 5.73. The topological polar surface area (TPSA) is 37.8 Å². The number of anilines is 1. The Balaban J connectivity index is 2.04. The van der Waals surface area contributed by atoms with E-state index in [1.54, 1.807) is 11.3 Å². The molecular formula is C11H12BrN3S. The summed E-state index contributed by atoms with van der Waals surface area (Å²) < 4.78 is 0.987. The van der Waals surface area contributed by atoms with Crippen molar-refractivity contribution in [2.75, 3.05) is 5.32 Å². The summed E-state index contributed by atoms with van der Waals surface area (Å²) in [7, 11) is 0. The summed E-state index contributed by atoms with van der Waals surface area (Å²) in [5.41, 5.74) is 1.14. The number of aromatic nitrogens is 2. The average molecular weight is 298 g/mol. The largest absolute Gasteiger partial charge is 0.363 e. The van der Waals surface area contributed by atoms with E-state index < -0.39 is 0 Å². The summed E-state index contributed by atoms with van der Waals surface area (Å²) in [6.45, 7) is 4.79. The highest BCUT2D eigenvalue weighted by atomic mass is 79.9. The average Bonchev–Trinajstić information content (AvgIpc) is 2.63. The number of thiazole rings is 1. The first-order chi connectivity index (χ1) is 7.65. The van der Waals surface area contributed by atoms with Crippen LogP contribution >= 0.6 is 27.3 Å². The molecule has 84 valence electrons. The normalized spacial score (nSPS) is 10.4. The number of hydrogen-bond donors (Lipinski definition) is 1. The molecule has 0 amide bonds. The monoisotopic (exact) mass is 297 g/mol. The number of nitrogens with one attached hydrogen (secondary N) is 1. The van der Waals surface area contributed by atoms with Gasteiger partial charge < -0.3 is 5.32 Å². The quantitative estimate of drug-likeness (QED) is 0.942. The summed E-state index contributed by atoms with van der Waals surface area (Å²) in [6.07, 6.45) is 3.74. The number of nitrogens with zero attached hydrogens (tertiary/aromatic N) is 2. The number of pyridine rings is 1. The fourth-order valence-electron chi connectivity index (χ4n) is 1.31. The van der Waals surface area contributed by atoms with Crippen molar-refractivity contribution in [3.8, 4) is 0 Å². The SMILES string of the molecule is Cc1cnc(NCc2ncc(C)s2)c(Br)c1. The maximum absolute atomic E-state index is 4.32. The highest BCUT2D eigenvalue weighted by molar-refractivity contribution is 9.10. The molecule has 0 fully saturated rings. The fourth-order valence-corrected chi connectivity index (χ4v) is 2.64. The molecule has 2 rings (SSSR count). The Bertz CT molecular complexity index is 496. The maximum atomic E-state index is 4.32. The second kappa shape index (κ2) is 4.93. The van der Waals surface area contributed by atoms with Crippen molar-refractivity contribution in [1.29, 1.82) is 0 Å². The predicted octanol–water partition coefficient (Wildman–Crippen LogP) is 3.53. The molecule has 0 atom stereocenters. The van der Waals surface area contributed by atoms with Gasteiger partial charge in [0.25, 0.3) is 0 Å². The van der Waals surface area contributed by atoms with Gasteiger partial charge in [0.15, 0.2) is 0 Å². The molecule has 2 aromatic heterocycles. The third-order valence-corrected chi connectivity index (χ3v) is 3.57. The van der Waals surface area contributed by atoms with E-state index in [-0.39, 0.29) is 0 Å². The lowest BCUT2D eigenvalue weighted by molar-refractivity contribution is 1.07. The van der Waals surface area contributed by atoms with Gasteiger partial charge in [-0.05, 0) is 41.4 Å². The van der Waals surface area contributed by atoms with Crippen LogP contribution in [0, 0.1) is 13.8 Å². The molecule has 0 aliphatic carbocycles. The summed E-state index contributed by atoms with van der Waals surface area (Å²) >= 11 is 5.18. The standard InChI is InChI=1S/C11H12BrN3S/c1-7-3-9(12)11(14-4-7)15-6-10-13-5-8(2)16-10/h3-5H,6H2,1-2H3,(H,14,15). The van der Waals surface area contributed by atoms with Crippen LogP contribution in [-0.2, 0) is 6.54 Å². The zero-order chi connectivity index (χ0) is 11.5. The number of rotatable bonds is 3. The lowest BCUT2D eigenvalue weighted by Crippen LogP contribution is -2.01. The van der Waals surface area contributed by atoms with Gasteiger partial charge >= 0.3 is 0 Å². The van der Waals surface area contributed by atoms with E-state index in [1.807, 2.05) is 25.4 Å². The molecule has 0 aromatic carbocycles. The van der Waals surface area contributed by atoms with Crippen LogP contribution in [0.4, 0.5) is 5.82 Å². The van der Waals surface area contributed by atoms with E-state index in [1.165, 1.54) is 4.88 Å². The molecule has 0 bridgehead atoms. The van der Waals surface area contributed by atoms with Crippen molar-refractivity contribution < 1.29 is 0 Å². The van der Waals surface area contributed by atoms with Gasteiger partial charge in [0.05, 0.1) is 11.0 Å². The smallest absolute Gasteiger partial charge is 0.140 e. The van der Waals surface area contributed by atoms with Gasteiger partial charge in [0.1, 0.15) is 10.8 Å². The molecule has 0 radical (unpaired) electrons.